The summed E-state index contributed by atoms with van der Waals surface area (Å²) in [6.45, 7) is 14.5. The Morgan fingerprint density at radius 3 is 2.29 bits per heavy atom. The SMILES string of the molecule is COC(=O)/C(C)=C\CC1(O)C(=O)C2CC(C(C)C)C13Oc1c(CC=C(C)C)c4c(c(OC(=O)c5ccc(O[C@H]6O[C@@H](CO)[C@H](O)[C@@H](O)[C@@H]6O)cc5)c1C(=O)C3C2n1cnc(N)n1)C=CC(C)(CCC=C(C)C)O4. The van der Waals surface area contributed by atoms with E-state index in [-0.39, 0.29) is 70.0 Å². The molecule has 2 aromatic carbocycles. The Morgan fingerprint density at radius 1 is 0.973 bits per heavy atom. The Morgan fingerprint density at radius 2 is 1.67 bits per heavy atom. The van der Waals surface area contributed by atoms with E-state index in [2.05, 4.69) is 16.2 Å². The van der Waals surface area contributed by atoms with Gasteiger partial charge in [0, 0.05) is 29.4 Å². The van der Waals surface area contributed by atoms with Crippen LogP contribution in [0.2, 0.25) is 0 Å². The molecule has 6 aliphatic rings. The Balaban J connectivity index is 1.33. The average Bonchev–Trinajstić information content (AvgIpc) is 3.79. The van der Waals surface area contributed by atoms with Crippen LogP contribution in [-0.2, 0) is 25.5 Å². The summed E-state index contributed by atoms with van der Waals surface area (Å²) in [6, 6.07) is 4.42. The molecule has 12 atom stereocenters. The zero-order chi connectivity index (χ0) is 53.1. The highest BCUT2D eigenvalue weighted by atomic mass is 16.7. The van der Waals surface area contributed by atoms with Gasteiger partial charge in [-0.1, -0.05) is 43.2 Å². The van der Waals surface area contributed by atoms with Crippen LogP contribution >= 0.6 is 0 Å². The Bertz CT molecular complexity index is 2790. The second-order valence-corrected chi connectivity index (χ2v) is 20.8. The molecule has 1 saturated heterocycles. The van der Waals surface area contributed by atoms with Gasteiger partial charge in [-0.05, 0) is 110 Å². The molecule has 3 aliphatic carbocycles. The van der Waals surface area contributed by atoms with Gasteiger partial charge in [-0.15, -0.1) is 5.10 Å². The number of fused-ring (bicyclic) bond motifs is 4. The van der Waals surface area contributed by atoms with E-state index < -0.39 is 108 Å². The van der Waals surface area contributed by atoms with Gasteiger partial charge in [0.2, 0.25) is 12.2 Å². The summed E-state index contributed by atoms with van der Waals surface area (Å²) >= 11 is 0. The smallest absolute Gasteiger partial charge is 0.343 e. The summed E-state index contributed by atoms with van der Waals surface area (Å²) in [5.74, 6) is -6.24. The molecule has 73 heavy (non-hydrogen) atoms. The summed E-state index contributed by atoms with van der Waals surface area (Å²) < 4.78 is 38.6. The molecule has 3 aliphatic heterocycles. The number of anilines is 1. The quantitative estimate of drug-likeness (QED) is 0.0508. The molecule has 0 amide bonds. The Labute approximate surface area is 423 Å². The van der Waals surface area contributed by atoms with Crippen LogP contribution in [-0.4, -0.2) is 125 Å². The number of ether oxygens (including phenoxy) is 6. The second kappa shape index (κ2) is 20.2. The molecule has 19 heteroatoms. The molecule has 4 heterocycles. The topological polar surface area (TPSA) is 282 Å². The van der Waals surface area contributed by atoms with Crippen molar-refractivity contribution in [3.05, 3.63) is 93.9 Å². The molecule has 7 unspecified atom stereocenters. The van der Waals surface area contributed by atoms with Gasteiger partial charge < -0.3 is 59.7 Å². The van der Waals surface area contributed by atoms with Crippen LogP contribution in [0.4, 0.5) is 5.95 Å². The average molecular weight is 1010 g/mol. The largest absolute Gasteiger partial charge is 0.482 e. The van der Waals surface area contributed by atoms with Crippen molar-refractivity contribution in [2.75, 3.05) is 19.5 Å². The van der Waals surface area contributed by atoms with Crippen molar-refractivity contribution in [1.29, 1.82) is 0 Å². The monoisotopic (exact) mass is 1010 g/mol. The van der Waals surface area contributed by atoms with E-state index in [1.807, 2.05) is 60.6 Å². The summed E-state index contributed by atoms with van der Waals surface area (Å²) in [6.07, 6.45) is 3.83. The van der Waals surface area contributed by atoms with Crippen LogP contribution in [0.5, 0.6) is 23.0 Å². The highest BCUT2D eigenvalue weighted by Gasteiger charge is 2.79. The minimum Gasteiger partial charge on any atom is -0.482 e. The van der Waals surface area contributed by atoms with Crippen molar-refractivity contribution in [1.82, 2.24) is 14.8 Å². The van der Waals surface area contributed by atoms with Gasteiger partial charge in [0.1, 0.15) is 59.2 Å². The first-order valence-electron chi connectivity index (χ1n) is 24.6. The van der Waals surface area contributed by atoms with Crippen LogP contribution in [0, 0.1) is 23.7 Å². The number of methoxy groups -OCH3 is 1. The van der Waals surface area contributed by atoms with E-state index >= 15 is 9.59 Å². The van der Waals surface area contributed by atoms with Gasteiger partial charge >= 0.3 is 11.9 Å². The molecule has 2 bridgehead atoms. The number of hydrogen-bond acceptors (Lipinski definition) is 18. The molecule has 392 valence electrons. The summed E-state index contributed by atoms with van der Waals surface area (Å²) in [5, 5.41) is 58.7. The fourth-order valence-corrected chi connectivity index (χ4v) is 11.3. The molecule has 7 N–H and O–H groups in total. The maximum absolute atomic E-state index is 16.4. The van der Waals surface area contributed by atoms with Crippen molar-refractivity contribution >= 4 is 35.5 Å². The number of carbonyl (C=O) groups is 4. The van der Waals surface area contributed by atoms with Gasteiger partial charge in [-0.2, -0.15) is 0 Å². The molecule has 1 spiro atoms. The Hall–Kier alpha value is -6.22. The standard InChI is InChI=1S/C54H66N4O15/c1-26(2)11-10-20-52(8)21-19-33-44(72-52)32(17-12-27(3)4)46-37(45(33)71-49(66)30-13-15-31(16-14-30)69-50-43(63)42(62)40(60)36(24-59)70-50)41(61)38-39(58-25-56-51(55)57-58)34-23-35(28(5)6)54(38,73-46)53(67,47(34)64)22-18-29(7)48(65)68-9/h11-16,18-19,21,25,28,34-36,38-40,42-43,50,59-60,62-63,67H,10,17,20,22-24H2,1-9H3,(H2,55,57)/b29-18-/t34?,35?,36-,38?,39?,40-,42+,43-,50-,52?,53?,54?/m0/s1. The molecule has 9 rings (SSSR count). The number of aliphatic hydroxyl groups excluding tert-OH is 4. The highest BCUT2D eigenvalue weighted by molar-refractivity contribution is 6.11. The number of benzene rings is 2. The molecule has 19 nitrogen and oxygen atoms in total. The normalized spacial score (nSPS) is 31.1. The van der Waals surface area contributed by atoms with Gasteiger partial charge in [0.05, 0.1) is 36.8 Å². The van der Waals surface area contributed by atoms with Crippen molar-refractivity contribution in [3.8, 4) is 23.0 Å². The van der Waals surface area contributed by atoms with Crippen molar-refractivity contribution in [2.24, 2.45) is 23.7 Å². The number of esters is 2. The van der Waals surface area contributed by atoms with Gasteiger partial charge in [0.25, 0.3) is 0 Å². The highest BCUT2D eigenvalue weighted by Crippen LogP contribution is 2.67. The first-order valence-corrected chi connectivity index (χ1v) is 24.6. The number of aliphatic hydroxyl groups is 5. The number of carbonyl (C=O) groups excluding carboxylic acids is 4. The molecule has 3 aromatic rings. The lowest BCUT2D eigenvalue weighted by atomic mass is 9.43. The molecular formula is C54H66N4O15. The van der Waals surface area contributed by atoms with Gasteiger partial charge in [-0.25, -0.2) is 19.3 Å². The number of nitrogen functional groups attached to an aromatic ring is 1. The zero-order valence-electron chi connectivity index (χ0n) is 42.5. The number of allylic oxidation sites excluding steroid dienone is 4. The van der Waals surface area contributed by atoms with Crippen LogP contribution in [0.3, 0.4) is 0 Å². The van der Waals surface area contributed by atoms with E-state index in [1.165, 1.54) is 55.4 Å². The van der Waals surface area contributed by atoms with Crippen LogP contribution in [0.25, 0.3) is 6.08 Å². The van der Waals surface area contributed by atoms with Crippen LogP contribution in [0.1, 0.15) is 119 Å². The fourth-order valence-electron chi connectivity index (χ4n) is 11.3. The molecule has 1 aromatic heterocycles. The predicted octanol–water partition coefficient (Wildman–Crippen LogP) is 4.96. The summed E-state index contributed by atoms with van der Waals surface area (Å²) in [5.41, 5.74) is 3.41. The third-order valence-corrected chi connectivity index (χ3v) is 15.0. The van der Waals surface area contributed by atoms with Crippen LogP contribution in [0.15, 0.2) is 71.6 Å². The van der Waals surface area contributed by atoms with Gasteiger partial charge in [-0.3, -0.25) is 9.59 Å². The summed E-state index contributed by atoms with van der Waals surface area (Å²) in [4.78, 5) is 63.3. The first-order chi connectivity index (χ1) is 34.5. The van der Waals surface area contributed by atoms with Gasteiger partial charge in [0.15, 0.2) is 28.5 Å². The van der Waals surface area contributed by atoms with E-state index in [0.717, 1.165) is 11.1 Å². The second-order valence-electron chi connectivity index (χ2n) is 20.8. The Kier molecular flexibility index (Phi) is 14.7. The number of nitrogens with two attached hydrogens (primary N) is 1. The minimum atomic E-state index is -2.43. The molecular weight excluding hydrogens is 945 g/mol. The number of aromatic nitrogens is 3. The van der Waals surface area contributed by atoms with Crippen molar-refractivity contribution < 1.29 is 73.1 Å². The number of Topliss-reactive ketones (excluding diaryl/α,β-unsaturated/α-hetero) is 2. The third-order valence-electron chi connectivity index (χ3n) is 15.0. The van der Waals surface area contributed by atoms with E-state index in [0.29, 0.717) is 18.4 Å². The number of hydrogen-bond donors (Lipinski definition) is 6. The van der Waals surface area contributed by atoms with Crippen molar-refractivity contribution in [2.45, 2.75) is 141 Å². The van der Waals surface area contributed by atoms with E-state index in [9.17, 15) is 35.1 Å². The molecule has 3 saturated carbocycles. The van der Waals surface area contributed by atoms with Crippen LogP contribution < -0.4 is 24.7 Å². The number of nitrogens with zero attached hydrogens (tertiary/aromatic N) is 3. The maximum Gasteiger partial charge on any atom is 0.343 e. The lowest BCUT2D eigenvalue weighted by Crippen LogP contribution is -2.81. The maximum atomic E-state index is 16.4. The van der Waals surface area contributed by atoms with Crippen molar-refractivity contribution in [3.63, 3.8) is 0 Å². The molecule has 0 radical (unpaired) electrons. The van der Waals surface area contributed by atoms with E-state index in [1.54, 1.807) is 6.08 Å². The molecule has 4 fully saturated rings. The lowest BCUT2D eigenvalue weighted by Gasteiger charge is -2.66. The third kappa shape index (κ3) is 9.28. The predicted molar refractivity (Wildman–Crippen MR) is 264 cm³/mol. The summed E-state index contributed by atoms with van der Waals surface area (Å²) in [7, 11) is 1.22. The minimum absolute atomic E-state index is 0.00881. The first kappa shape index (κ1) is 53.1. The number of rotatable bonds is 15. The van der Waals surface area contributed by atoms with E-state index in [4.69, 9.17) is 34.2 Å². The fraction of sp³-hybridized carbons (Fsp3) is 0.519. The lowest BCUT2D eigenvalue weighted by molar-refractivity contribution is -0.277. The number of ketones is 2. The zero-order valence-corrected chi connectivity index (χ0v) is 42.5.